The summed E-state index contributed by atoms with van der Waals surface area (Å²) in [6.45, 7) is 6.24. The molecular weight excluding hydrogens is 829 g/mol. The van der Waals surface area contributed by atoms with Gasteiger partial charge in [-0.1, -0.05) is 205 Å². The Balaban J connectivity index is 4.59. The van der Waals surface area contributed by atoms with E-state index >= 15 is 0 Å². The second kappa shape index (κ2) is 53.9. The first-order valence-corrected chi connectivity index (χ1v) is 26.4. The molecule has 6 heteroatoms. The van der Waals surface area contributed by atoms with Crippen LogP contribution in [0.1, 0.15) is 201 Å². The average molecular weight is 923 g/mol. The lowest BCUT2D eigenvalue weighted by Gasteiger charge is -2.18. The molecule has 0 rings (SSSR count). The number of carbonyl (C=O) groups is 3. The summed E-state index contributed by atoms with van der Waals surface area (Å²) in [6.07, 6.45) is 76.9. The van der Waals surface area contributed by atoms with E-state index < -0.39 is 6.10 Å². The van der Waals surface area contributed by atoms with Crippen LogP contribution in [0.4, 0.5) is 0 Å². The predicted molar refractivity (Wildman–Crippen MR) is 288 cm³/mol. The first kappa shape index (κ1) is 62.3. The molecular formula is C61H94O6. The van der Waals surface area contributed by atoms with E-state index in [0.29, 0.717) is 19.3 Å². The fourth-order valence-corrected chi connectivity index (χ4v) is 6.46. The Labute approximate surface area is 410 Å². The Hall–Kier alpha value is -4.71. The molecule has 1 atom stereocenters. The van der Waals surface area contributed by atoms with E-state index in [9.17, 15) is 14.4 Å². The molecule has 0 radical (unpaired) electrons. The molecule has 0 N–H and O–H groups in total. The van der Waals surface area contributed by atoms with Gasteiger partial charge in [-0.25, -0.2) is 0 Å². The van der Waals surface area contributed by atoms with E-state index in [1.807, 2.05) is 6.08 Å². The Kier molecular flexibility index (Phi) is 50.1. The van der Waals surface area contributed by atoms with Crippen molar-refractivity contribution in [2.24, 2.45) is 0 Å². The zero-order valence-electron chi connectivity index (χ0n) is 42.6. The van der Waals surface area contributed by atoms with Gasteiger partial charge in [0.25, 0.3) is 0 Å². The maximum Gasteiger partial charge on any atom is 0.306 e. The van der Waals surface area contributed by atoms with E-state index in [-0.39, 0.29) is 37.5 Å². The summed E-state index contributed by atoms with van der Waals surface area (Å²) >= 11 is 0. The third-order valence-corrected chi connectivity index (χ3v) is 10.4. The fourth-order valence-electron chi connectivity index (χ4n) is 6.46. The van der Waals surface area contributed by atoms with Crippen LogP contribution >= 0.6 is 0 Å². The van der Waals surface area contributed by atoms with Crippen molar-refractivity contribution in [2.75, 3.05) is 13.2 Å². The van der Waals surface area contributed by atoms with Crippen LogP contribution in [0.2, 0.25) is 0 Å². The zero-order valence-corrected chi connectivity index (χ0v) is 42.6. The van der Waals surface area contributed by atoms with Gasteiger partial charge in [0, 0.05) is 19.3 Å². The number of carbonyl (C=O) groups excluding carboxylic acids is 3. The lowest BCUT2D eigenvalue weighted by Crippen LogP contribution is -2.30. The number of allylic oxidation sites excluding steroid dienone is 24. The molecule has 67 heavy (non-hydrogen) atoms. The summed E-state index contributed by atoms with van der Waals surface area (Å²) in [5.41, 5.74) is 0. The van der Waals surface area contributed by atoms with Gasteiger partial charge in [0.1, 0.15) is 13.2 Å². The van der Waals surface area contributed by atoms with Crippen molar-refractivity contribution in [1.82, 2.24) is 0 Å². The van der Waals surface area contributed by atoms with E-state index in [1.165, 1.54) is 25.7 Å². The van der Waals surface area contributed by atoms with Crippen LogP contribution in [-0.2, 0) is 28.6 Å². The third-order valence-electron chi connectivity index (χ3n) is 10.4. The van der Waals surface area contributed by atoms with Crippen molar-refractivity contribution in [1.29, 1.82) is 0 Å². The van der Waals surface area contributed by atoms with Crippen LogP contribution in [0.5, 0.6) is 0 Å². The van der Waals surface area contributed by atoms with Gasteiger partial charge >= 0.3 is 17.9 Å². The predicted octanol–water partition coefficient (Wildman–Crippen LogP) is 17.6. The van der Waals surface area contributed by atoms with Crippen LogP contribution in [0.3, 0.4) is 0 Å². The molecule has 0 aromatic rings. The third kappa shape index (κ3) is 52.1. The lowest BCUT2D eigenvalue weighted by molar-refractivity contribution is -0.167. The molecule has 374 valence electrons. The van der Waals surface area contributed by atoms with Gasteiger partial charge in [0.15, 0.2) is 6.10 Å². The van der Waals surface area contributed by atoms with Gasteiger partial charge in [-0.3, -0.25) is 14.4 Å². The molecule has 6 nitrogen and oxygen atoms in total. The summed E-state index contributed by atoms with van der Waals surface area (Å²) in [4.78, 5) is 38.0. The number of hydrogen-bond acceptors (Lipinski definition) is 6. The van der Waals surface area contributed by atoms with Crippen molar-refractivity contribution in [3.8, 4) is 0 Å². The maximum absolute atomic E-state index is 12.8. The minimum absolute atomic E-state index is 0.128. The second-order valence-electron chi connectivity index (χ2n) is 16.7. The first-order chi connectivity index (χ1) is 33.0. The second-order valence-corrected chi connectivity index (χ2v) is 16.7. The summed E-state index contributed by atoms with van der Waals surface area (Å²) in [5, 5.41) is 0. The standard InChI is InChI=1S/C61H94O6/c1-4-7-10-13-16-19-22-25-27-29-30-32-33-36-39-42-45-48-51-54-60(63)66-57-58(56-65-59(62)53-50-47-44-41-38-35-24-21-18-15-12-9-6-3)67-61(64)55-52-49-46-43-40-37-34-31-28-26-23-20-17-14-11-8-5-2/h7,9-10,12,15-21,24-28,30,32,34,36-37,39,43,46,58H,4-6,8,11,13-14,22-23,29,31,33,35,38,40-42,44-45,47-57H2,1-3H3/b10-7+,12-9+,18-15+,19-16+,20-17+,24-21+,27-25+,28-26+,32-30+,37-34+,39-36+,46-43+. The topological polar surface area (TPSA) is 78.9 Å². The van der Waals surface area contributed by atoms with E-state index in [0.717, 1.165) is 128 Å². The minimum atomic E-state index is -0.835. The molecule has 0 aliphatic carbocycles. The van der Waals surface area contributed by atoms with Crippen molar-refractivity contribution in [3.63, 3.8) is 0 Å². The van der Waals surface area contributed by atoms with Crippen molar-refractivity contribution >= 4 is 17.9 Å². The lowest BCUT2D eigenvalue weighted by atomic mass is 10.1. The number of hydrogen-bond donors (Lipinski definition) is 0. The van der Waals surface area contributed by atoms with Gasteiger partial charge in [0.2, 0.25) is 0 Å². The molecule has 0 heterocycles. The molecule has 0 saturated carbocycles. The highest BCUT2D eigenvalue weighted by molar-refractivity contribution is 5.71. The Morgan fingerprint density at radius 2 is 0.672 bits per heavy atom. The van der Waals surface area contributed by atoms with Crippen molar-refractivity contribution < 1.29 is 28.6 Å². The highest BCUT2D eigenvalue weighted by Crippen LogP contribution is 2.11. The number of rotatable bonds is 45. The SMILES string of the molecule is CC/C=C/C=C/C=C/CCCCCCCC(=O)OCC(COC(=O)CCCCC/C=C/C/C=C/C/C=C/C/C=C/C/C=C/CC)OC(=O)CCC/C=C/C/C=C/C/C=C/C/C=C/CCCCC. The highest BCUT2D eigenvalue weighted by atomic mass is 16.6. The largest absolute Gasteiger partial charge is 0.462 e. The van der Waals surface area contributed by atoms with Crippen LogP contribution in [0.15, 0.2) is 146 Å². The quantitative estimate of drug-likeness (QED) is 0.0199. The zero-order chi connectivity index (χ0) is 48.6. The van der Waals surface area contributed by atoms with Crippen LogP contribution in [0, 0.1) is 0 Å². The summed E-state index contributed by atoms with van der Waals surface area (Å²) in [5.74, 6) is -1.05. The molecule has 0 aliphatic rings. The van der Waals surface area contributed by atoms with E-state index in [1.54, 1.807) is 0 Å². The maximum atomic E-state index is 12.8. The van der Waals surface area contributed by atoms with Crippen molar-refractivity contribution in [3.05, 3.63) is 146 Å². The van der Waals surface area contributed by atoms with Crippen LogP contribution in [0.25, 0.3) is 0 Å². The molecule has 0 amide bonds. The molecule has 0 aliphatic heterocycles. The number of ether oxygens (including phenoxy) is 3. The smallest absolute Gasteiger partial charge is 0.306 e. The van der Waals surface area contributed by atoms with Gasteiger partial charge in [-0.15, -0.1) is 0 Å². The molecule has 0 spiro atoms. The van der Waals surface area contributed by atoms with Crippen LogP contribution in [-0.4, -0.2) is 37.2 Å². The van der Waals surface area contributed by atoms with E-state index in [2.05, 4.69) is 161 Å². The Bertz CT molecular complexity index is 1530. The van der Waals surface area contributed by atoms with Gasteiger partial charge < -0.3 is 14.2 Å². The molecule has 0 fully saturated rings. The monoisotopic (exact) mass is 923 g/mol. The summed E-state index contributed by atoms with van der Waals surface area (Å²) < 4.78 is 16.7. The Morgan fingerprint density at radius 1 is 0.328 bits per heavy atom. The molecule has 1 unspecified atom stereocenters. The number of unbranched alkanes of at least 4 members (excludes halogenated alkanes) is 12. The molecule has 0 bridgehead atoms. The minimum Gasteiger partial charge on any atom is -0.462 e. The molecule has 0 aromatic carbocycles. The van der Waals surface area contributed by atoms with Crippen LogP contribution < -0.4 is 0 Å². The average Bonchev–Trinajstić information content (AvgIpc) is 3.33. The fraction of sp³-hybridized carbons (Fsp3) is 0.557. The summed E-state index contributed by atoms with van der Waals surface area (Å²) in [7, 11) is 0. The Morgan fingerprint density at radius 3 is 1.13 bits per heavy atom. The van der Waals surface area contributed by atoms with Gasteiger partial charge in [-0.2, -0.15) is 0 Å². The first-order valence-electron chi connectivity index (χ1n) is 26.4. The molecule has 0 aromatic heterocycles. The summed E-state index contributed by atoms with van der Waals surface area (Å²) in [6, 6.07) is 0. The van der Waals surface area contributed by atoms with Gasteiger partial charge in [0.05, 0.1) is 0 Å². The van der Waals surface area contributed by atoms with Crippen molar-refractivity contribution in [2.45, 2.75) is 207 Å². The van der Waals surface area contributed by atoms with Gasteiger partial charge in [-0.05, 0) is 122 Å². The molecule has 0 saturated heterocycles. The highest BCUT2D eigenvalue weighted by Gasteiger charge is 2.19. The number of esters is 3. The van der Waals surface area contributed by atoms with E-state index in [4.69, 9.17) is 14.2 Å². The normalized spacial score (nSPS) is 13.3.